The Morgan fingerprint density at radius 3 is 1.76 bits per heavy atom. The number of hydrogen-bond acceptors (Lipinski definition) is 5. The molecular weight excluding hydrogens is 641 g/mol. The molecule has 0 amide bonds. The van der Waals surface area contributed by atoms with Crippen LogP contribution in [0.2, 0.25) is 36.3 Å². The summed E-state index contributed by atoms with van der Waals surface area (Å²) in [5.41, 5.74) is 2.45. The van der Waals surface area contributed by atoms with Crippen molar-refractivity contribution < 1.29 is 23.4 Å². The summed E-state index contributed by atoms with van der Waals surface area (Å²) in [6.07, 6.45) is 9.26. The minimum atomic E-state index is -2.13. The van der Waals surface area contributed by atoms with Crippen molar-refractivity contribution in [3.8, 4) is 5.75 Å². The topological polar surface area (TPSA) is 57.2 Å². The fourth-order valence-electron chi connectivity index (χ4n) is 6.10. The molecule has 1 N–H and O–H groups in total. The summed E-state index contributed by atoms with van der Waals surface area (Å²) in [4.78, 5) is 0. The monoisotopic (exact) mass is 717 g/mol. The predicted octanol–water partition coefficient (Wildman–Crippen LogP) is 11.6. The van der Waals surface area contributed by atoms with E-state index >= 15 is 0 Å². The number of rotatable bonds is 20. The zero-order chi connectivity index (χ0) is 38.0. The van der Waals surface area contributed by atoms with Crippen LogP contribution in [0.25, 0.3) is 0 Å². The maximum Gasteiger partial charge on any atom is 0.192 e. The third-order valence-corrected chi connectivity index (χ3v) is 20.2. The average Bonchev–Trinajstić information content (AvgIpc) is 2.99. The Labute approximate surface area is 305 Å². The van der Waals surface area contributed by atoms with Crippen molar-refractivity contribution in [2.24, 2.45) is 29.6 Å². The van der Waals surface area contributed by atoms with Gasteiger partial charge in [0.05, 0.1) is 32.0 Å². The van der Waals surface area contributed by atoms with E-state index in [0.29, 0.717) is 6.61 Å². The molecule has 5 nitrogen and oxygen atoms in total. The SMILES string of the molecule is C=C/C=C\[C@@H](C)[C@@H](OCc1ccc(OC)cc1)[C@H](C)[C@@H](O[Si](C)(C)C(C)(C)C)[C@H](C)C/C(C)=C\[C@@H](C)[C@H](O[Si](C)(C)C(C)(C)C)[C@H](C)CO. The van der Waals surface area contributed by atoms with Crippen LogP contribution in [0.15, 0.2) is 60.7 Å². The molecule has 1 aromatic rings. The molecule has 0 fully saturated rings. The number of allylic oxidation sites excluding steroid dienone is 3. The standard InChI is InChI=1S/C42H76O5Si2/c1-19-20-21-31(3)39(45-29-36-22-24-37(44-14)25-23-36)35(7)40(47-49(17,18)42(11,12)13)33(5)27-30(2)26-32(4)38(34(6)28-43)46-48(15,16)41(8,9)10/h19-26,31-35,38-40,43H,1,27-29H2,2-18H3/b21-20-,30-26-/t31-,32-,33-,34-,35+,38+,39-,40+/m1/s1. The summed E-state index contributed by atoms with van der Waals surface area (Å²) in [5.74, 6) is 1.61. The third-order valence-electron chi connectivity index (χ3n) is 11.3. The van der Waals surface area contributed by atoms with Crippen molar-refractivity contribution in [1.82, 2.24) is 0 Å². The van der Waals surface area contributed by atoms with Crippen LogP contribution in [0.3, 0.4) is 0 Å². The second-order valence-electron chi connectivity index (χ2n) is 17.9. The summed E-state index contributed by atoms with van der Waals surface area (Å²) < 4.78 is 26.5. The lowest BCUT2D eigenvalue weighted by molar-refractivity contribution is -0.0644. The maximum absolute atomic E-state index is 10.2. The minimum absolute atomic E-state index is 0.00404. The summed E-state index contributed by atoms with van der Waals surface area (Å²) in [7, 11) is -2.47. The van der Waals surface area contributed by atoms with Gasteiger partial charge in [-0.1, -0.05) is 125 Å². The van der Waals surface area contributed by atoms with Crippen molar-refractivity contribution in [1.29, 1.82) is 0 Å². The lowest BCUT2D eigenvalue weighted by Crippen LogP contribution is -2.50. The number of aliphatic hydroxyl groups excluding tert-OH is 1. The molecule has 0 aromatic heterocycles. The lowest BCUT2D eigenvalue weighted by Gasteiger charge is -2.45. The summed E-state index contributed by atoms with van der Waals surface area (Å²) in [6.45, 7) is 41.2. The van der Waals surface area contributed by atoms with Crippen molar-refractivity contribution >= 4 is 16.6 Å². The van der Waals surface area contributed by atoms with Gasteiger partial charge in [0.2, 0.25) is 0 Å². The summed E-state index contributed by atoms with van der Waals surface area (Å²) in [5, 5.41) is 10.4. The van der Waals surface area contributed by atoms with Crippen LogP contribution >= 0.6 is 0 Å². The smallest absolute Gasteiger partial charge is 0.192 e. The molecule has 8 atom stereocenters. The Hall–Kier alpha value is -1.49. The second-order valence-corrected chi connectivity index (χ2v) is 27.4. The van der Waals surface area contributed by atoms with Crippen molar-refractivity contribution in [2.45, 2.75) is 151 Å². The lowest BCUT2D eigenvalue weighted by atomic mass is 9.81. The minimum Gasteiger partial charge on any atom is -0.497 e. The normalized spacial score (nSPS) is 18.8. The first-order valence-corrected chi connectivity index (χ1v) is 24.4. The molecule has 49 heavy (non-hydrogen) atoms. The molecule has 282 valence electrons. The van der Waals surface area contributed by atoms with Gasteiger partial charge >= 0.3 is 0 Å². The molecule has 0 aliphatic rings. The van der Waals surface area contributed by atoms with Gasteiger partial charge in [-0.05, 0) is 79.1 Å². The highest BCUT2D eigenvalue weighted by molar-refractivity contribution is 6.74. The molecular formula is C42H76O5Si2. The van der Waals surface area contributed by atoms with Crippen LogP contribution in [-0.2, 0) is 20.2 Å². The van der Waals surface area contributed by atoms with E-state index in [4.69, 9.17) is 18.3 Å². The number of aliphatic hydroxyl groups is 1. The predicted molar refractivity (Wildman–Crippen MR) is 216 cm³/mol. The highest BCUT2D eigenvalue weighted by atomic mass is 28.4. The molecule has 0 aliphatic heterocycles. The van der Waals surface area contributed by atoms with Crippen molar-refractivity contribution in [3.05, 3.63) is 66.3 Å². The van der Waals surface area contributed by atoms with Gasteiger partial charge < -0.3 is 23.4 Å². The molecule has 0 aliphatic carbocycles. The summed E-state index contributed by atoms with van der Waals surface area (Å²) >= 11 is 0. The van der Waals surface area contributed by atoms with Crippen LogP contribution < -0.4 is 4.74 Å². The van der Waals surface area contributed by atoms with Gasteiger partial charge in [0.1, 0.15) is 5.75 Å². The molecule has 0 saturated heterocycles. The Morgan fingerprint density at radius 2 is 1.31 bits per heavy atom. The van der Waals surface area contributed by atoms with Crippen molar-refractivity contribution in [2.75, 3.05) is 13.7 Å². The Balaban J connectivity index is 3.50. The van der Waals surface area contributed by atoms with Crippen LogP contribution in [0.5, 0.6) is 5.75 Å². The van der Waals surface area contributed by atoms with Gasteiger partial charge in [-0.15, -0.1) is 0 Å². The molecule has 0 spiro atoms. The van der Waals surface area contributed by atoms with Gasteiger partial charge in [0.15, 0.2) is 16.6 Å². The van der Waals surface area contributed by atoms with E-state index in [9.17, 15) is 5.11 Å². The number of ether oxygens (including phenoxy) is 2. The number of benzene rings is 1. The first kappa shape index (κ1) is 45.5. The van der Waals surface area contributed by atoms with E-state index in [2.05, 4.69) is 140 Å². The Kier molecular flexibility index (Phi) is 18.0. The first-order chi connectivity index (χ1) is 22.4. The quantitative estimate of drug-likeness (QED) is 0.0827. The number of methoxy groups -OCH3 is 1. The van der Waals surface area contributed by atoms with Gasteiger partial charge in [-0.25, -0.2) is 0 Å². The van der Waals surface area contributed by atoms with Crippen LogP contribution in [0, 0.1) is 29.6 Å². The summed E-state index contributed by atoms with van der Waals surface area (Å²) in [6, 6.07) is 8.13. The molecule has 1 rings (SSSR count). The fourth-order valence-corrected chi connectivity index (χ4v) is 9.07. The van der Waals surface area contributed by atoms with Gasteiger partial charge in [0, 0.05) is 24.4 Å². The number of hydrogen-bond donors (Lipinski definition) is 1. The van der Waals surface area contributed by atoms with Crippen LogP contribution in [0.1, 0.15) is 95.1 Å². The van der Waals surface area contributed by atoms with Gasteiger partial charge in [0.25, 0.3) is 0 Å². The zero-order valence-electron chi connectivity index (χ0n) is 34.6. The molecule has 0 bridgehead atoms. The first-order valence-electron chi connectivity index (χ1n) is 18.6. The molecule has 0 unspecified atom stereocenters. The highest BCUT2D eigenvalue weighted by Crippen LogP contribution is 2.42. The zero-order valence-corrected chi connectivity index (χ0v) is 36.6. The van der Waals surface area contributed by atoms with Gasteiger partial charge in [-0.3, -0.25) is 0 Å². The van der Waals surface area contributed by atoms with E-state index in [-0.39, 0.29) is 64.6 Å². The van der Waals surface area contributed by atoms with E-state index in [1.54, 1.807) is 7.11 Å². The van der Waals surface area contributed by atoms with E-state index in [1.807, 2.05) is 24.3 Å². The molecule has 0 radical (unpaired) electrons. The van der Waals surface area contributed by atoms with E-state index < -0.39 is 16.6 Å². The Morgan fingerprint density at radius 1 is 0.796 bits per heavy atom. The van der Waals surface area contributed by atoms with Crippen LogP contribution in [-0.4, -0.2) is 53.8 Å². The molecule has 1 aromatic carbocycles. The molecule has 0 saturated carbocycles. The van der Waals surface area contributed by atoms with E-state index in [1.165, 1.54) is 5.57 Å². The average molecular weight is 717 g/mol. The highest BCUT2D eigenvalue weighted by Gasteiger charge is 2.44. The fraction of sp³-hybridized carbons (Fsp3) is 0.714. The van der Waals surface area contributed by atoms with Crippen molar-refractivity contribution in [3.63, 3.8) is 0 Å². The van der Waals surface area contributed by atoms with E-state index in [0.717, 1.165) is 17.7 Å². The maximum atomic E-state index is 10.2. The van der Waals surface area contributed by atoms with Gasteiger partial charge in [-0.2, -0.15) is 0 Å². The largest absolute Gasteiger partial charge is 0.497 e. The molecule has 0 heterocycles. The Bertz CT molecular complexity index is 1170. The van der Waals surface area contributed by atoms with Crippen LogP contribution in [0.4, 0.5) is 0 Å². The second kappa shape index (κ2) is 19.4. The third kappa shape index (κ3) is 13.9. The molecule has 7 heteroatoms.